The van der Waals surface area contributed by atoms with Crippen molar-refractivity contribution in [3.8, 4) is 0 Å². The summed E-state index contributed by atoms with van der Waals surface area (Å²) in [5.41, 5.74) is 0. The molecule has 2 aliphatic heterocycles. The lowest BCUT2D eigenvalue weighted by Crippen LogP contribution is -2.27. The molecule has 92 valence electrons. The molecule has 0 amide bonds. The van der Waals surface area contributed by atoms with E-state index < -0.39 is 5.97 Å². The second-order valence-electron chi connectivity index (χ2n) is 4.71. The molecule has 2 unspecified atom stereocenters. The van der Waals surface area contributed by atoms with Crippen LogP contribution in [0.15, 0.2) is 0 Å². The minimum absolute atomic E-state index is 0.280. The summed E-state index contributed by atoms with van der Waals surface area (Å²) in [4.78, 5) is 11.0. The molecule has 1 N–H and O–H groups in total. The fraction of sp³-hybridized carbons (Fsp3) is 0.727. The fourth-order valence-electron chi connectivity index (χ4n) is 2.60. The van der Waals surface area contributed by atoms with E-state index in [0.717, 1.165) is 23.9 Å². The van der Waals surface area contributed by atoms with E-state index in [0.29, 0.717) is 18.8 Å². The molecule has 1 fully saturated rings. The molecule has 0 radical (unpaired) electrons. The van der Waals surface area contributed by atoms with Gasteiger partial charge in [-0.3, -0.25) is 4.79 Å². The molecule has 17 heavy (non-hydrogen) atoms. The minimum Gasteiger partial charge on any atom is -0.481 e. The van der Waals surface area contributed by atoms with Gasteiger partial charge in [-0.05, 0) is 18.6 Å². The number of thioether (sulfide) groups is 1. The van der Waals surface area contributed by atoms with Gasteiger partial charge in [0, 0.05) is 24.6 Å². The molecule has 2 atom stereocenters. The minimum atomic E-state index is -0.711. The third kappa shape index (κ3) is 1.94. The second kappa shape index (κ2) is 4.33. The summed E-state index contributed by atoms with van der Waals surface area (Å²) < 4.78 is 2.15. The lowest BCUT2D eigenvalue weighted by atomic mass is 9.97. The monoisotopic (exact) mass is 253 g/mol. The normalized spacial score (nSPS) is 28.0. The molecule has 0 saturated carbocycles. The number of carbonyl (C=O) groups is 1. The number of hydrogen-bond donors (Lipinski definition) is 1. The van der Waals surface area contributed by atoms with Gasteiger partial charge in [0.05, 0.1) is 5.92 Å². The lowest BCUT2D eigenvalue weighted by molar-refractivity contribution is -0.142. The summed E-state index contributed by atoms with van der Waals surface area (Å²) in [5, 5.41) is 17.5. The van der Waals surface area contributed by atoms with Gasteiger partial charge in [0.2, 0.25) is 0 Å². The van der Waals surface area contributed by atoms with E-state index in [4.69, 9.17) is 5.11 Å². The Balaban J connectivity index is 1.84. The third-order valence-corrected chi connectivity index (χ3v) is 4.79. The van der Waals surface area contributed by atoms with Crippen molar-refractivity contribution in [1.82, 2.24) is 14.8 Å². The van der Waals surface area contributed by atoms with Crippen molar-refractivity contribution >= 4 is 17.7 Å². The van der Waals surface area contributed by atoms with E-state index in [2.05, 4.69) is 14.8 Å². The average Bonchev–Trinajstić information content (AvgIpc) is 2.96. The van der Waals surface area contributed by atoms with Gasteiger partial charge in [0.1, 0.15) is 11.6 Å². The number of nitrogens with zero attached hydrogens (tertiary/aromatic N) is 3. The molecule has 3 rings (SSSR count). The summed E-state index contributed by atoms with van der Waals surface area (Å²) >= 11 is 1.96. The molecule has 6 heteroatoms. The van der Waals surface area contributed by atoms with Gasteiger partial charge in [0.25, 0.3) is 0 Å². The fourth-order valence-corrected chi connectivity index (χ4v) is 3.82. The van der Waals surface area contributed by atoms with Gasteiger partial charge in [-0.1, -0.05) is 0 Å². The Morgan fingerprint density at radius 3 is 3.00 bits per heavy atom. The Kier molecular flexibility index (Phi) is 2.82. The van der Waals surface area contributed by atoms with Gasteiger partial charge >= 0.3 is 5.97 Å². The highest BCUT2D eigenvalue weighted by Gasteiger charge is 2.30. The highest BCUT2D eigenvalue weighted by molar-refractivity contribution is 7.99. The Bertz CT molecular complexity index is 440. The van der Waals surface area contributed by atoms with Crippen LogP contribution in [0, 0.1) is 5.92 Å². The van der Waals surface area contributed by atoms with E-state index >= 15 is 0 Å². The molecule has 1 aromatic heterocycles. The van der Waals surface area contributed by atoms with Crippen LogP contribution in [-0.2, 0) is 17.8 Å². The number of aliphatic carboxylic acids is 1. The Morgan fingerprint density at radius 1 is 1.41 bits per heavy atom. The first-order valence-electron chi connectivity index (χ1n) is 5.98. The Morgan fingerprint density at radius 2 is 2.29 bits per heavy atom. The maximum absolute atomic E-state index is 11.0. The van der Waals surface area contributed by atoms with Crippen LogP contribution < -0.4 is 0 Å². The number of aromatic nitrogens is 3. The van der Waals surface area contributed by atoms with Crippen molar-refractivity contribution in [3.63, 3.8) is 0 Å². The zero-order valence-electron chi connectivity index (χ0n) is 9.50. The highest BCUT2D eigenvalue weighted by Crippen LogP contribution is 2.33. The SMILES string of the molecule is O=C(O)C1CCn2c(nnc2C2CCSC2)C1. The van der Waals surface area contributed by atoms with Gasteiger partial charge in [-0.25, -0.2) is 0 Å². The van der Waals surface area contributed by atoms with Gasteiger partial charge in [-0.2, -0.15) is 11.8 Å². The Hall–Kier alpha value is -1.04. The molecule has 2 aliphatic rings. The van der Waals surface area contributed by atoms with Crippen LogP contribution in [0.3, 0.4) is 0 Å². The van der Waals surface area contributed by atoms with E-state index in [1.807, 2.05) is 11.8 Å². The predicted octanol–water partition coefficient (Wildman–Crippen LogP) is 1.15. The molecule has 0 aliphatic carbocycles. The molecule has 1 aromatic rings. The first-order chi connectivity index (χ1) is 8.25. The molecule has 0 bridgehead atoms. The zero-order valence-corrected chi connectivity index (χ0v) is 10.3. The zero-order chi connectivity index (χ0) is 11.8. The van der Waals surface area contributed by atoms with Gasteiger partial charge in [0.15, 0.2) is 0 Å². The molecule has 1 saturated heterocycles. The summed E-state index contributed by atoms with van der Waals surface area (Å²) in [6, 6.07) is 0. The number of carboxylic acids is 1. The summed E-state index contributed by atoms with van der Waals surface area (Å²) in [6.45, 7) is 0.760. The van der Waals surface area contributed by atoms with Gasteiger partial charge < -0.3 is 9.67 Å². The summed E-state index contributed by atoms with van der Waals surface area (Å²) in [6.07, 6.45) is 2.40. The number of fused-ring (bicyclic) bond motifs is 1. The van der Waals surface area contributed by atoms with Crippen molar-refractivity contribution in [2.24, 2.45) is 5.92 Å². The average molecular weight is 253 g/mol. The van der Waals surface area contributed by atoms with Crippen LogP contribution in [0.25, 0.3) is 0 Å². The van der Waals surface area contributed by atoms with Crippen molar-refractivity contribution in [2.75, 3.05) is 11.5 Å². The predicted molar refractivity (Wildman–Crippen MR) is 64.2 cm³/mol. The smallest absolute Gasteiger partial charge is 0.307 e. The van der Waals surface area contributed by atoms with Crippen molar-refractivity contribution in [1.29, 1.82) is 0 Å². The molecule has 5 nitrogen and oxygen atoms in total. The van der Waals surface area contributed by atoms with Crippen LogP contribution in [0.1, 0.15) is 30.4 Å². The van der Waals surface area contributed by atoms with Crippen LogP contribution in [0.4, 0.5) is 0 Å². The summed E-state index contributed by atoms with van der Waals surface area (Å²) in [5.74, 6) is 3.78. The number of carboxylic acid groups (broad SMARTS) is 1. The molecular formula is C11H15N3O2S. The second-order valence-corrected chi connectivity index (χ2v) is 5.86. The van der Waals surface area contributed by atoms with Crippen molar-refractivity contribution < 1.29 is 9.90 Å². The molecule has 3 heterocycles. The maximum atomic E-state index is 11.0. The molecular weight excluding hydrogens is 238 g/mol. The van der Waals surface area contributed by atoms with Crippen molar-refractivity contribution in [2.45, 2.75) is 31.7 Å². The first-order valence-corrected chi connectivity index (χ1v) is 7.13. The Labute approximate surface area is 104 Å². The highest BCUT2D eigenvalue weighted by atomic mass is 32.2. The quantitative estimate of drug-likeness (QED) is 0.856. The van der Waals surface area contributed by atoms with Gasteiger partial charge in [-0.15, -0.1) is 10.2 Å². The van der Waals surface area contributed by atoms with Crippen LogP contribution >= 0.6 is 11.8 Å². The van der Waals surface area contributed by atoms with Crippen LogP contribution in [-0.4, -0.2) is 37.3 Å². The van der Waals surface area contributed by atoms with E-state index in [9.17, 15) is 4.79 Å². The maximum Gasteiger partial charge on any atom is 0.307 e. The van der Waals surface area contributed by atoms with Crippen LogP contribution in [0.2, 0.25) is 0 Å². The number of hydrogen-bond acceptors (Lipinski definition) is 4. The van der Waals surface area contributed by atoms with E-state index in [-0.39, 0.29) is 5.92 Å². The van der Waals surface area contributed by atoms with Crippen molar-refractivity contribution in [3.05, 3.63) is 11.6 Å². The van der Waals surface area contributed by atoms with E-state index in [1.165, 1.54) is 12.2 Å². The molecule has 0 spiro atoms. The number of rotatable bonds is 2. The molecule has 0 aromatic carbocycles. The standard InChI is InChI=1S/C11H15N3O2S/c15-11(16)7-1-3-14-9(5-7)12-13-10(14)8-2-4-17-6-8/h7-8H,1-6H2,(H,15,16). The van der Waals surface area contributed by atoms with E-state index in [1.54, 1.807) is 0 Å². The largest absolute Gasteiger partial charge is 0.481 e. The van der Waals surface area contributed by atoms with Crippen LogP contribution in [0.5, 0.6) is 0 Å². The lowest BCUT2D eigenvalue weighted by Gasteiger charge is -2.21. The third-order valence-electron chi connectivity index (χ3n) is 3.63. The summed E-state index contributed by atoms with van der Waals surface area (Å²) in [7, 11) is 0. The first kappa shape index (κ1) is 11.1. The topological polar surface area (TPSA) is 68.0 Å².